The number of likely N-dealkylation sites (N-methyl/N-ethyl adjacent to an activating group) is 1. The van der Waals surface area contributed by atoms with Crippen LogP contribution < -0.4 is 5.32 Å². The summed E-state index contributed by atoms with van der Waals surface area (Å²) in [6.45, 7) is 5.85. The predicted octanol–water partition coefficient (Wildman–Crippen LogP) is 2.66. The first kappa shape index (κ1) is 16.4. The first-order chi connectivity index (χ1) is 11.6. The highest BCUT2D eigenvalue weighted by atomic mass is 15.3. The molecule has 0 bridgehead atoms. The van der Waals surface area contributed by atoms with E-state index in [2.05, 4.69) is 36.2 Å². The molecular formula is C18H24N6. The van der Waals surface area contributed by atoms with Gasteiger partial charge in [-0.1, -0.05) is 25.1 Å². The van der Waals surface area contributed by atoms with Gasteiger partial charge in [-0.3, -0.25) is 0 Å². The maximum atomic E-state index is 4.73. The summed E-state index contributed by atoms with van der Waals surface area (Å²) in [6.07, 6.45) is 0.789. The Labute approximate surface area is 142 Å². The SMILES string of the molecule is CCc1nc(NCCN(C)C)c2c(C)nn(-c3ccccc3)c2n1. The van der Waals surface area contributed by atoms with Crippen molar-refractivity contribution in [3.8, 4) is 5.69 Å². The fourth-order valence-electron chi connectivity index (χ4n) is 2.66. The molecule has 0 fully saturated rings. The van der Waals surface area contributed by atoms with Crippen LogP contribution in [0, 0.1) is 6.92 Å². The highest BCUT2D eigenvalue weighted by Crippen LogP contribution is 2.26. The topological polar surface area (TPSA) is 58.9 Å². The molecule has 0 unspecified atom stereocenters. The molecule has 0 saturated carbocycles. The van der Waals surface area contributed by atoms with Gasteiger partial charge in [0.25, 0.3) is 0 Å². The Hall–Kier alpha value is -2.47. The molecule has 0 atom stereocenters. The molecule has 3 rings (SSSR count). The zero-order valence-electron chi connectivity index (χ0n) is 14.7. The van der Waals surface area contributed by atoms with Crippen molar-refractivity contribution in [3.63, 3.8) is 0 Å². The molecule has 0 aliphatic rings. The second kappa shape index (κ2) is 6.97. The van der Waals surface area contributed by atoms with E-state index in [1.807, 2.05) is 41.9 Å². The normalized spacial score (nSPS) is 11.4. The minimum absolute atomic E-state index is 0.789. The number of aromatic nitrogens is 4. The quantitative estimate of drug-likeness (QED) is 0.755. The molecule has 6 heteroatoms. The molecule has 0 saturated heterocycles. The highest BCUT2D eigenvalue weighted by molar-refractivity contribution is 5.90. The second-order valence-electron chi connectivity index (χ2n) is 6.10. The summed E-state index contributed by atoms with van der Waals surface area (Å²) in [5, 5.41) is 9.15. The zero-order valence-corrected chi connectivity index (χ0v) is 14.7. The van der Waals surface area contributed by atoms with E-state index in [0.717, 1.165) is 53.6 Å². The number of nitrogens with zero attached hydrogens (tertiary/aromatic N) is 5. The minimum atomic E-state index is 0.789. The van der Waals surface area contributed by atoms with Crippen LogP contribution in [0.15, 0.2) is 30.3 Å². The van der Waals surface area contributed by atoms with Gasteiger partial charge in [0, 0.05) is 19.5 Å². The summed E-state index contributed by atoms with van der Waals surface area (Å²) >= 11 is 0. The van der Waals surface area contributed by atoms with Gasteiger partial charge in [0.15, 0.2) is 5.65 Å². The number of nitrogens with one attached hydrogen (secondary N) is 1. The van der Waals surface area contributed by atoms with Crippen molar-refractivity contribution in [2.75, 3.05) is 32.5 Å². The molecule has 0 spiro atoms. The summed E-state index contributed by atoms with van der Waals surface area (Å²) in [7, 11) is 4.13. The van der Waals surface area contributed by atoms with Crippen LogP contribution in [0.4, 0.5) is 5.82 Å². The molecule has 2 aromatic heterocycles. The number of para-hydroxylation sites is 1. The molecule has 126 valence electrons. The smallest absolute Gasteiger partial charge is 0.168 e. The van der Waals surface area contributed by atoms with E-state index >= 15 is 0 Å². The van der Waals surface area contributed by atoms with Crippen LogP contribution in [-0.2, 0) is 6.42 Å². The lowest BCUT2D eigenvalue weighted by atomic mass is 10.2. The predicted molar refractivity (Wildman–Crippen MR) is 97.8 cm³/mol. The average molecular weight is 324 g/mol. The minimum Gasteiger partial charge on any atom is -0.368 e. The number of rotatable bonds is 6. The van der Waals surface area contributed by atoms with Crippen molar-refractivity contribution in [1.29, 1.82) is 0 Å². The molecule has 0 aliphatic carbocycles. The summed E-state index contributed by atoms with van der Waals surface area (Å²) in [6, 6.07) is 10.1. The molecule has 24 heavy (non-hydrogen) atoms. The van der Waals surface area contributed by atoms with Crippen LogP contribution in [0.5, 0.6) is 0 Å². The number of aryl methyl sites for hydroxylation is 2. The molecule has 2 heterocycles. The molecule has 0 amide bonds. The lowest BCUT2D eigenvalue weighted by Gasteiger charge is -2.12. The van der Waals surface area contributed by atoms with Crippen molar-refractivity contribution in [1.82, 2.24) is 24.6 Å². The number of hydrogen-bond donors (Lipinski definition) is 1. The lowest BCUT2D eigenvalue weighted by Crippen LogP contribution is -2.21. The maximum absolute atomic E-state index is 4.73. The monoisotopic (exact) mass is 324 g/mol. The third kappa shape index (κ3) is 3.23. The summed E-state index contributed by atoms with van der Waals surface area (Å²) in [4.78, 5) is 11.6. The van der Waals surface area contributed by atoms with Gasteiger partial charge < -0.3 is 10.2 Å². The van der Waals surface area contributed by atoms with E-state index in [9.17, 15) is 0 Å². The largest absolute Gasteiger partial charge is 0.368 e. The second-order valence-corrected chi connectivity index (χ2v) is 6.10. The third-order valence-electron chi connectivity index (χ3n) is 3.92. The maximum Gasteiger partial charge on any atom is 0.168 e. The van der Waals surface area contributed by atoms with Gasteiger partial charge in [0.1, 0.15) is 11.6 Å². The van der Waals surface area contributed by atoms with Crippen LogP contribution in [0.1, 0.15) is 18.4 Å². The van der Waals surface area contributed by atoms with Crippen LogP contribution in [0.25, 0.3) is 16.7 Å². The Balaban J connectivity index is 2.10. The van der Waals surface area contributed by atoms with E-state index in [0.29, 0.717) is 0 Å². The molecule has 1 N–H and O–H groups in total. The van der Waals surface area contributed by atoms with Crippen LogP contribution in [0.2, 0.25) is 0 Å². The number of benzene rings is 1. The fraction of sp³-hybridized carbons (Fsp3) is 0.389. The lowest BCUT2D eigenvalue weighted by molar-refractivity contribution is 0.425. The molecular weight excluding hydrogens is 300 g/mol. The van der Waals surface area contributed by atoms with Crippen LogP contribution in [0.3, 0.4) is 0 Å². The van der Waals surface area contributed by atoms with Gasteiger partial charge in [-0.15, -0.1) is 0 Å². The molecule has 1 aromatic carbocycles. The van der Waals surface area contributed by atoms with E-state index in [-0.39, 0.29) is 0 Å². The summed E-state index contributed by atoms with van der Waals surface area (Å²) in [5.74, 6) is 1.70. The molecule has 0 radical (unpaired) electrons. The van der Waals surface area contributed by atoms with Gasteiger partial charge in [-0.2, -0.15) is 5.10 Å². The Kier molecular flexibility index (Phi) is 4.76. The number of fused-ring (bicyclic) bond motifs is 1. The summed E-state index contributed by atoms with van der Waals surface area (Å²) in [5.41, 5.74) is 2.80. The Morgan fingerprint density at radius 3 is 2.54 bits per heavy atom. The Morgan fingerprint density at radius 1 is 1.12 bits per heavy atom. The highest BCUT2D eigenvalue weighted by Gasteiger charge is 2.16. The van der Waals surface area contributed by atoms with Gasteiger partial charge in [-0.25, -0.2) is 14.6 Å². The van der Waals surface area contributed by atoms with Gasteiger partial charge >= 0.3 is 0 Å². The fourth-order valence-corrected chi connectivity index (χ4v) is 2.66. The van der Waals surface area contributed by atoms with Gasteiger partial charge in [0.05, 0.1) is 16.8 Å². The third-order valence-corrected chi connectivity index (χ3v) is 3.92. The van der Waals surface area contributed by atoms with Gasteiger partial charge in [-0.05, 0) is 33.2 Å². The van der Waals surface area contributed by atoms with Crippen molar-refractivity contribution in [3.05, 3.63) is 41.9 Å². The van der Waals surface area contributed by atoms with E-state index in [1.165, 1.54) is 0 Å². The Morgan fingerprint density at radius 2 is 1.88 bits per heavy atom. The van der Waals surface area contributed by atoms with E-state index in [1.54, 1.807) is 0 Å². The van der Waals surface area contributed by atoms with E-state index in [4.69, 9.17) is 10.1 Å². The van der Waals surface area contributed by atoms with Gasteiger partial charge in [0.2, 0.25) is 0 Å². The van der Waals surface area contributed by atoms with E-state index < -0.39 is 0 Å². The molecule has 0 aliphatic heterocycles. The first-order valence-corrected chi connectivity index (χ1v) is 8.30. The standard InChI is InChI=1S/C18H24N6/c1-5-15-20-17(19-11-12-23(3)4)16-13(2)22-24(18(16)21-15)14-9-7-6-8-10-14/h6-10H,5,11-12H2,1-4H3,(H,19,20,21). The first-order valence-electron chi connectivity index (χ1n) is 8.30. The van der Waals surface area contributed by atoms with Crippen molar-refractivity contribution in [2.45, 2.75) is 20.3 Å². The summed E-state index contributed by atoms with van der Waals surface area (Å²) < 4.78 is 1.91. The van der Waals surface area contributed by atoms with Crippen molar-refractivity contribution < 1.29 is 0 Å². The van der Waals surface area contributed by atoms with Crippen LogP contribution >= 0.6 is 0 Å². The molecule has 6 nitrogen and oxygen atoms in total. The van der Waals surface area contributed by atoms with Crippen molar-refractivity contribution >= 4 is 16.9 Å². The number of hydrogen-bond acceptors (Lipinski definition) is 5. The van der Waals surface area contributed by atoms with Crippen LogP contribution in [-0.4, -0.2) is 51.8 Å². The zero-order chi connectivity index (χ0) is 17.1. The average Bonchev–Trinajstić information content (AvgIpc) is 2.92. The molecule has 3 aromatic rings. The Bertz CT molecular complexity index is 822. The van der Waals surface area contributed by atoms with Crippen molar-refractivity contribution in [2.24, 2.45) is 0 Å². The number of anilines is 1.